The van der Waals surface area contributed by atoms with Gasteiger partial charge in [-0.3, -0.25) is 4.79 Å². The molecule has 144 valence electrons. The van der Waals surface area contributed by atoms with Crippen LogP contribution in [0.15, 0.2) is 47.4 Å². The zero-order chi connectivity index (χ0) is 20.2. The number of sulfone groups is 1. The van der Waals surface area contributed by atoms with E-state index in [1.165, 1.54) is 36.4 Å². The molecule has 2 aromatic rings. The molecule has 0 amide bonds. The lowest BCUT2D eigenvalue weighted by molar-refractivity contribution is -0.0498. The van der Waals surface area contributed by atoms with Crippen molar-refractivity contribution >= 4 is 33.2 Å². The molecular weight excluding hydrogens is 406 g/mol. The molecule has 0 atom stereocenters. The van der Waals surface area contributed by atoms with E-state index >= 15 is 0 Å². The number of rotatable bonds is 7. The van der Waals surface area contributed by atoms with Gasteiger partial charge in [0.15, 0.2) is 22.2 Å². The van der Waals surface area contributed by atoms with Crippen LogP contribution in [0.3, 0.4) is 0 Å². The van der Waals surface area contributed by atoms with Crippen molar-refractivity contribution in [3.8, 4) is 5.75 Å². The smallest absolute Gasteiger partial charge is 0.387 e. The van der Waals surface area contributed by atoms with Gasteiger partial charge in [0, 0.05) is 11.8 Å². The van der Waals surface area contributed by atoms with E-state index in [1.807, 2.05) is 0 Å². The Morgan fingerprint density at radius 1 is 1.11 bits per heavy atom. The summed E-state index contributed by atoms with van der Waals surface area (Å²) in [6.45, 7) is -3.63. The van der Waals surface area contributed by atoms with Crippen molar-refractivity contribution in [3.63, 3.8) is 0 Å². The number of carbonyl (C=O) groups excluding carboxylic acids is 2. The fourth-order valence-electron chi connectivity index (χ4n) is 2.01. The molecule has 0 bridgehead atoms. The van der Waals surface area contributed by atoms with Crippen LogP contribution in [0.2, 0.25) is 5.02 Å². The summed E-state index contributed by atoms with van der Waals surface area (Å²) in [6.07, 6.45) is 0.969. The third kappa shape index (κ3) is 5.73. The number of hydrogen-bond acceptors (Lipinski definition) is 6. The molecule has 0 spiro atoms. The number of ketones is 1. The molecule has 0 unspecified atom stereocenters. The molecule has 6 nitrogen and oxygen atoms in total. The highest BCUT2D eigenvalue weighted by atomic mass is 35.5. The number of benzene rings is 2. The number of Topliss-reactive ketones (excluding diaryl/α,β-unsaturated/α-hetero) is 1. The van der Waals surface area contributed by atoms with Gasteiger partial charge in [0.2, 0.25) is 0 Å². The van der Waals surface area contributed by atoms with Crippen LogP contribution in [0.25, 0.3) is 0 Å². The third-order valence-corrected chi connectivity index (χ3v) is 4.76. The maximum absolute atomic E-state index is 12.1. The van der Waals surface area contributed by atoms with Crippen LogP contribution < -0.4 is 4.74 Å². The minimum atomic E-state index is -3.56. The highest BCUT2D eigenvalue weighted by Gasteiger charge is 2.18. The molecule has 0 aliphatic heterocycles. The van der Waals surface area contributed by atoms with E-state index in [9.17, 15) is 26.8 Å². The Labute approximate surface area is 158 Å². The van der Waals surface area contributed by atoms with Crippen molar-refractivity contribution in [1.82, 2.24) is 0 Å². The topological polar surface area (TPSA) is 86.7 Å². The molecule has 0 aromatic heterocycles. The number of esters is 1. The number of hydrogen-bond donors (Lipinski definition) is 0. The maximum atomic E-state index is 12.1. The first kappa shape index (κ1) is 20.8. The molecule has 0 aliphatic rings. The van der Waals surface area contributed by atoms with Crippen LogP contribution in [0.4, 0.5) is 8.78 Å². The molecular formula is C17H13ClF2O6S. The zero-order valence-corrected chi connectivity index (χ0v) is 15.4. The summed E-state index contributed by atoms with van der Waals surface area (Å²) in [5, 5.41) is -0.0339. The molecule has 27 heavy (non-hydrogen) atoms. The van der Waals surface area contributed by atoms with Gasteiger partial charge in [0.25, 0.3) is 0 Å². The minimum absolute atomic E-state index is 0.0339. The van der Waals surface area contributed by atoms with Crippen LogP contribution >= 0.6 is 11.6 Å². The van der Waals surface area contributed by atoms with Gasteiger partial charge in [0.05, 0.1) is 15.5 Å². The lowest BCUT2D eigenvalue weighted by Gasteiger charge is -2.08. The van der Waals surface area contributed by atoms with Crippen LogP contribution in [0.5, 0.6) is 5.75 Å². The summed E-state index contributed by atoms with van der Waals surface area (Å²) < 4.78 is 56.3. The highest BCUT2D eigenvalue weighted by molar-refractivity contribution is 7.90. The Balaban J connectivity index is 2.06. The first-order chi connectivity index (χ1) is 12.6. The molecule has 0 N–H and O–H groups in total. The van der Waals surface area contributed by atoms with Gasteiger partial charge in [-0.15, -0.1) is 0 Å². The largest absolute Gasteiger partial charge is 0.454 e. The molecule has 2 aromatic carbocycles. The van der Waals surface area contributed by atoms with E-state index in [0.717, 1.165) is 12.3 Å². The van der Waals surface area contributed by atoms with Crippen molar-refractivity contribution < 1.29 is 36.3 Å². The molecule has 2 rings (SSSR count). The summed E-state index contributed by atoms with van der Waals surface area (Å²) in [5.74, 6) is -1.69. The quantitative estimate of drug-likeness (QED) is 0.506. The highest BCUT2D eigenvalue weighted by Crippen LogP contribution is 2.22. The van der Waals surface area contributed by atoms with E-state index in [4.69, 9.17) is 16.3 Å². The molecule has 0 aliphatic carbocycles. The van der Waals surface area contributed by atoms with E-state index in [1.54, 1.807) is 0 Å². The molecule has 0 radical (unpaired) electrons. The van der Waals surface area contributed by atoms with Gasteiger partial charge in [-0.2, -0.15) is 8.78 Å². The summed E-state index contributed by atoms with van der Waals surface area (Å²) >= 11 is 5.88. The fraction of sp³-hybridized carbons (Fsp3) is 0.176. The zero-order valence-electron chi connectivity index (χ0n) is 13.8. The Hall–Kier alpha value is -2.52. The van der Waals surface area contributed by atoms with E-state index in [-0.39, 0.29) is 26.8 Å². The second-order valence-electron chi connectivity index (χ2n) is 5.32. The fourth-order valence-corrected chi connectivity index (χ4v) is 2.85. The standard InChI is InChI=1S/C17H13ClF2O6S/c1-27(23,24)12-6-7-14(18)13(8-12)16(22)25-9-15(21)10-2-4-11(5-3-10)26-17(19)20/h2-8,17H,9H2,1H3. The Morgan fingerprint density at radius 2 is 1.74 bits per heavy atom. The van der Waals surface area contributed by atoms with Crippen molar-refractivity contribution in [2.45, 2.75) is 11.5 Å². The summed E-state index contributed by atoms with van der Waals surface area (Å²) in [7, 11) is -3.56. The van der Waals surface area contributed by atoms with Crippen LogP contribution in [0.1, 0.15) is 20.7 Å². The van der Waals surface area contributed by atoms with Gasteiger partial charge in [-0.1, -0.05) is 11.6 Å². The Kier molecular flexibility index (Phi) is 6.50. The van der Waals surface area contributed by atoms with E-state index in [0.29, 0.717) is 0 Å². The number of alkyl halides is 2. The van der Waals surface area contributed by atoms with Crippen LogP contribution in [-0.2, 0) is 14.6 Å². The van der Waals surface area contributed by atoms with Crippen molar-refractivity contribution in [1.29, 1.82) is 0 Å². The van der Waals surface area contributed by atoms with Gasteiger partial charge in [0.1, 0.15) is 5.75 Å². The number of ether oxygens (including phenoxy) is 2. The monoisotopic (exact) mass is 418 g/mol. The Morgan fingerprint density at radius 3 is 2.30 bits per heavy atom. The molecule has 0 saturated carbocycles. The lowest BCUT2D eigenvalue weighted by atomic mass is 10.1. The maximum Gasteiger partial charge on any atom is 0.387 e. The second kappa shape index (κ2) is 8.45. The number of carbonyl (C=O) groups is 2. The molecule has 0 saturated heterocycles. The molecule has 0 heterocycles. The van der Waals surface area contributed by atoms with Gasteiger partial charge in [-0.25, -0.2) is 13.2 Å². The summed E-state index contributed by atoms with van der Waals surface area (Å²) in [5.41, 5.74) is -0.0894. The predicted octanol–water partition coefficient (Wildman–Crippen LogP) is 3.38. The summed E-state index contributed by atoms with van der Waals surface area (Å²) in [4.78, 5) is 24.0. The SMILES string of the molecule is CS(=O)(=O)c1ccc(Cl)c(C(=O)OCC(=O)c2ccc(OC(F)F)cc2)c1. The van der Waals surface area contributed by atoms with Crippen molar-refractivity contribution in [2.24, 2.45) is 0 Å². The van der Waals surface area contributed by atoms with Gasteiger partial charge in [-0.05, 0) is 42.5 Å². The van der Waals surface area contributed by atoms with E-state index < -0.39 is 34.8 Å². The van der Waals surface area contributed by atoms with Gasteiger partial charge < -0.3 is 9.47 Å². The predicted molar refractivity (Wildman–Crippen MR) is 92.2 cm³/mol. The van der Waals surface area contributed by atoms with Crippen LogP contribution in [-0.4, -0.2) is 39.6 Å². The normalized spacial score (nSPS) is 11.3. The van der Waals surface area contributed by atoms with Gasteiger partial charge >= 0.3 is 12.6 Å². The molecule has 10 heteroatoms. The second-order valence-corrected chi connectivity index (χ2v) is 7.74. The average molecular weight is 419 g/mol. The lowest BCUT2D eigenvalue weighted by Crippen LogP contribution is -2.15. The van der Waals surface area contributed by atoms with Crippen LogP contribution in [0, 0.1) is 0 Å². The summed E-state index contributed by atoms with van der Waals surface area (Å²) in [6, 6.07) is 8.36. The van der Waals surface area contributed by atoms with Crippen molar-refractivity contribution in [2.75, 3.05) is 12.9 Å². The first-order valence-corrected chi connectivity index (χ1v) is 9.59. The molecule has 0 fully saturated rings. The third-order valence-electron chi connectivity index (χ3n) is 3.32. The average Bonchev–Trinajstić information content (AvgIpc) is 2.59. The van der Waals surface area contributed by atoms with E-state index in [2.05, 4.69) is 4.74 Å². The number of halogens is 3. The van der Waals surface area contributed by atoms with Crippen molar-refractivity contribution in [3.05, 3.63) is 58.6 Å². The Bertz CT molecular complexity index is 958. The first-order valence-electron chi connectivity index (χ1n) is 7.32. The minimum Gasteiger partial charge on any atom is -0.454 e.